The third kappa shape index (κ3) is 6.10. The van der Waals surface area contributed by atoms with Crippen LogP contribution in [0.1, 0.15) is 11.1 Å². The van der Waals surface area contributed by atoms with Gasteiger partial charge in [-0.1, -0.05) is 11.6 Å². The molecule has 1 saturated heterocycles. The molecule has 0 unspecified atom stereocenters. The first-order valence-electron chi connectivity index (χ1n) is 8.90. The second-order valence-electron chi connectivity index (χ2n) is 6.51. The molecule has 0 radical (unpaired) electrons. The molecule has 1 heterocycles. The fraction of sp³-hybridized carbons (Fsp3) is 0.350. The molecule has 0 aromatic heterocycles. The molecule has 0 amide bonds. The largest absolute Gasteiger partial charge is 0.398 e. The topological polar surface area (TPSA) is 24.8 Å². The summed E-state index contributed by atoms with van der Waals surface area (Å²) in [6.45, 7) is 3.75. The number of alkyl halides is 3. The van der Waals surface area contributed by atoms with Gasteiger partial charge >= 0.3 is 6.18 Å². The van der Waals surface area contributed by atoms with E-state index in [1.807, 2.05) is 4.90 Å². The fourth-order valence-electron chi connectivity index (χ4n) is 2.85. The molecule has 1 aliphatic rings. The average Bonchev–Trinajstić information content (AvgIpc) is 2.67. The Morgan fingerprint density at radius 1 is 1.17 bits per heavy atom. The van der Waals surface area contributed by atoms with E-state index in [-0.39, 0.29) is 5.69 Å². The molecule has 1 fully saturated rings. The number of morpholine rings is 1. The number of halogens is 5. The standard InChI is InChI=1S/C20H19ClF4N2OS/c1-13-10-16(22)17(11-18(13)29-12-20(23,24)25)26-19(27-6-8-28-9-7-27)14-2-4-15(21)5-3-14/h2-5,10-11H,6-9,12H2,1H3/b26-19-. The van der Waals surface area contributed by atoms with E-state index in [9.17, 15) is 17.6 Å². The SMILES string of the molecule is Cc1cc(F)c(/N=C(/c2ccc(Cl)cc2)N2CCOCC2)cc1SCC(F)(F)F. The van der Waals surface area contributed by atoms with Crippen molar-refractivity contribution in [2.75, 3.05) is 32.1 Å². The second-order valence-corrected chi connectivity index (χ2v) is 7.97. The first-order valence-corrected chi connectivity index (χ1v) is 10.3. The number of hydrogen-bond donors (Lipinski definition) is 0. The van der Waals surface area contributed by atoms with Gasteiger partial charge in [-0.25, -0.2) is 9.38 Å². The van der Waals surface area contributed by atoms with Gasteiger partial charge in [0.05, 0.1) is 19.0 Å². The third-order valence-corrected chi connectivity index (χ3v) is 5.75. The van der Waals surface area contributed by atoms with E-state index >= 15 is 0 Å². The summed E-state index contributed by atoms with van der Waals surface area (Å²) in [6, 6.07) is 9.57. The molecular formula is C20H19ClF4N2OS. The number of aryl methyl sites for hydroxylation is 1. The number of nitrogens with zero attached hydrogens (tertiary/aromatic N) is 2. The highest BCUT2D eigenvalue weighted by Gasteiger charge is 2.28. The molecule has 3 rings (SSSR count). The highest BCUT2D eigenvalue weighted by Crippen LogP contribution is 2.34. The van der Waals surface area contributed by atoms with E-state index in [1.54, 1.807) is 31.2 Å². The first-order chi connectivity index (χ1) is 13.7. The molecule has 0 bridgehead atoms. The van der Waals surface area contributed by atoms with Crippen molar-refractivity contribution in [1.82, 2.24) is 4.90 Å². The van der Waals surface area contributed by atoms with Crippen molar-refractivity contribution in [2.24, 2.45) is 4.99 Å². The minimum atomic E-state index is -4.31. The van der Waals surface area contributed by atoms with Gasteiger partial charge < -0.3 is 9.64 Å². The lowest BCUT2D eigenvalue weighted by atomic mass is 10.1. The minimum Gasteiger partial charge on any atom is -0.378 e. The van der Waals surface area contributed by atoms with Gasteiger partial charge in [0.25, 0.3) is 0 Å². The lowest BCUT2D eigenvalue weighted by molar-refractivity contribution is -0.105. The third-order valence-electron chi connectivity index (χ3n) is 4.28. The van der Waals surface area contributed by atoms with E-state index in [0.29, 0.717) is 59.4 Å². The van der Waals surface area contributed by atoms with Gasteiger partial charge in [-0.2, -0.15) is 13.2 Å². The molecule has 2 aromatic carbocycles. The van der Waals surface area contributed by atoms with Crippen molar-refractivity contribution in [1.29, 1.82) is 0 Å². The van der Waals surface area contributed by atoms with Crippen LogP contribution in [-0.2, 0) is 4.74 Å². The van der Waals surface area contributed by atoms with Crippen LogP contribution in [0.4, 0.5) is 23.2 Å². The Morgan fingerprint density at radius 3 is 2.45 bits per heavy atom. The van der Waals surface area contributed by atoms with E-state index in [4.69, 9.17) is 16.3 Å². The van der Waals surface area contributed by atoms with Crippen LogP contribution in [0.15, 0.2) is 46.3 Å². The first kappa shape index (κ1) is 21.9. The van der Waals surface area contributed by atoms with E-state index < -0.39 is 17.7 Å². The van der Waals surface area contributed by atoms with Crippen LogP contribution in [0, 0.1) is 12.7 Å². The van der Waals surface area contributed by atoms with E-state index in [2.05, 4.69) is 4.99 Å². The molecule has 0 N–H and O–H groups in total. The van der Waals surface area contributed by atoms with Crippen LogP contribution in [0.25, 0.3) is 0 Å². The van der Waals surface area contributed by atoms with Gasteiger partial charge in [-0.05, 0) is 48.9 Å². The molecular weight excluding hydrogens is 428 g/mol. The van der Waals surface area contributed by atoms with Crippen molar-refractivity contribution in [2.45, 2.75) is 18.0 Å². The molecule has 0 spiro atoms. The summed E-state index contributed by atoms with van der Waals surface area (Å²) in [5.41, 5.74) is 1.17. The normalized spacial score (nSPS) is 15.7. The zero-order valence-electron chi connectivity index (χ0n) is 15.6. The van der Waals surface area contributed by atoms with Gasteiger partial charge in [0.15, 0.2) is 0 Å². The van der Waals surface area contributed by atoms with Gasteiger partial charge in [-0.15, -0.1) is 11.8 Å². The van der Waals surface area contributed by atoms with Crippen LogP contribution in [0.3, 0.4) is 0 Å². The summed E-state index contributed by atoms with van der Waals surface area (Å²) in [4.78, 5) is 6.82. The number of aliphatic imine (C=N–C) groups is 1. The quantitative estimate of drug-likeness (QED) is 0.255. The second kappa shape index (κ2) is 9.36. The molecule has 1 aliphatic heterocycles. The summed E-state index contributed by atoms with van der Waals surface area (Å²) in [7, 11) is 0. The molecule has 3 nitrogen and oxygen atoms in total. The average molecular weight is 447 g/mol. The van der Waals surface area contributed by atoms with Crippen LogP contribution >= 0.6 is 23.4 Å². The summed E-state index contributed by atoms with van der Waals surface area (Å²) in [6.07, 6.45) is -4.31. The van der Waals surface area contributed by atoms with Crippen LogP contribution in [-0.4, -0.2) is 49.0 Å². The van der Waals surface area contributed by atoms with Crippen LogP contribution in [0.5, 0.6) is 0 Å². The Labute approximate surface area is 175 Å². The Bertz CT molecular complexity index is 881. The Hall–Kier alpha value is -1.77. The highest BCUT2D eigenvalue weighted by atomic mass is 35.5. The minimum absolute atomic E-state index is 0.00304. The molecule has 0 aliphatic carbocycles. The van der Waals surface area contributed by atoms with Gasteiger partial charge in [0, 0.05) is 28.6 Å². The predicted octanol–water partition coefficient (Wildman–Crippen LogP) is 5.85. The zero-order chi connectivity index (χ0) is 21.0. The van der Waals surface area contributed by atoms with Crippen molar-refractivity contribution in [3.05, 3.63) is 58.4 Å². The zero-order valence-corrected chi connectivity index (χ0v) is 17.2. The van der Waals surface area contributed by atoms with Gasteiger partial charge in [0.2, 0.25) is 0 Å². The predicted molar refractivity (Wildman–Crippen MR) is 108 cm³/mol. The highest BCUT2D eigenvalue weighted by molar-refractivity contribution is 7.99. The maximum atomic E-state index is 14.6. The summed E-state index contributed by atoms with van der Waals surface area (Å²) in [5.74, 6) is -1.10. The van der Waals surface area contributed by atoms with Crippen LogP contribution < -0.4 is 0 Å². The summed E-state index contributed by atoms with van der Waals surface area (Å²) < 4.78 is 57.8. The maximum Gasteiger partial charge on any atom is 0.398 e. The molecule has 156 valence electrons. The smallest absolute Gasteiger partial charge is 0.378 e. The molecule has 9 heteroatoms. The molecule has 0 atom stereocenters. The number of hydrogen-bond acceptors (Lipinski definition) is 3. The number of thioether (sulfide) groups is 1. The van der Waals surface area contributed by atoms with Crippen molar-refractivity contribution < 1.29 is 22.3 Å². The van der Waals surface area contributed by atoms with Crippen molar-refractivity contribution >= 4 is 34.9 Å². The summed E-state index contributed by atoms with van der Waals surface area (Å²) in [5, 5.41) is 0.558. The fourth-order valence-corrected chi connectivity index (χ4v) is 3.78. The number of amidine groups is 1. The Kier molecular flexibility index (Phi) is 7.08. The van der Waals surface area contributed by atoms with E-state index in [1.165, 1.54) is 12.1 Å². The Morgan fingerprint density at radius 2 is 1.83 bits per heavy atom. The Balaban J connectivity index is 2.00. The summed E-state index contributed by atoms with van der Waals surface area (Å²) >= 11 is 6.59. The molecule has 0 saturated carbocycles. The van der Waals surface area contributed by atoms with Crippen molar-refractivity contribution in [3.63, 3.8) is 0 Å². The number of benzene rings is 2. The van der Waals surface area contributed by atoms with Gasteiger partial charge in [0.1, 0.15) is 17.3 Å². The lowest BCUT2D eigenvalue weighted by Crippen LogP contribution is -2.41. The monoisotopic (exact) mass is 446 g/mol. The lowest BCUT2D eigenvalue weighted by Gasteiger charge is -2.30. The number of ether oxygens (including phenoxy) is 1. The number of rotatable bonds is 4. The molecule has 29 heavy (non-hydrogen) atoms. The van der Waals surface area contributed by atoms with E-state index in [0.717, 1.165) is 5.56 Å². The van der Waals surface area contributed by atoms with Gasteiger partial charge in [-0.3, -0.25) is 0 Å². The van der Waals surface area contributed by atoms with Crippen LogP contribution in [0.2, 0.25) is 5.02 Å². The molecule has 2 aromatic rings. The maximum absolute atomic E-state index is 14.6. The van der Waals surface area contributed by atoms with Crippen molar-refractivity contribution in [3.8, 4) is 0 Å².